The lowest BCUT2D eigenvalue weighted by molar-refractivity contribution is 0.302. The average molecular weight is 320 g/mol. The molecule has 3 heteroatoms. The van der Waals surface area contributed by atoms with Gasteiger partial charge in [-0.3, -0.25) is 0 Å². The maximum Gasteiger partial charge on any atom is 0.124 e. The highest BCUT2D eigenvalue weighted by atomic mass is 79.9. The molecule has 2 nitrogen and oxygen atoms in total. The summed E-state index contributed by atoms with van der Waals surface area (Å²) in [6.07, 6.45) is 0. The Balaban J connectivity index is 2.10. The van der Waals surface area contributed by atoms with Crippen molar-refractivity contribution in [1.82, 2.24) is 5.32 Å². The fraction of sp³-hybridized carbons (Fsp3) is 0.250. The number of ether oxygens (including phenoxy) is 1. The molecule has 0 aliphatic heterocycles. The van der Waals surface area contributed by atoms with Gasteiger partial charge in [-0.2, -0.15) is 0 Å². The SMILES string of the molecule is CNCc1cc(C)ccc1OCc1cccc(Br)c1. The number of halogens is 1. The topological polar surface area (TPSA) is 21.3 Å². The molecule has 2 aromatic rings. The van der Waals surface area contributed by atoms with Crippen molar-refractivity contribution in [1.29, 1.82) is 0 Å². The highest BCUT2D eigenvalue weighted by molar-refractivity contribution is 9.10. The molecule has 19 heavy (non-hydrogen) atoms. The van der Waals surface area contributed by atoms with Crippen molar-refractivity contribution >= 4 is 15.9 Å². The smallest absolute Gasteiger partial charge is 0.124 e. The summed E-state index contributed by atoms with van der Waals surface area (Å²) in [7, 11) is 1.94. The first-order valence-corrected chi connectivity index (χ1v) is 7.09. The Morgan fingerprint density at radius 2 is 2.00 bits per heavy atom. The van der Waals surface area contributed by atoms with Crippen LogP contribution in [0.1, 0.15) is 16.7 Å². The molecule has 0 amide bonds. The predicted molar refractivity (Wildman–Crippen MR) is 82.4 cm³/mol. The second-order valence-corrected chi connectivity index (χ2v) is 5.48. The third-order valence-corrected chi connectivity index (χ3v) is 3.36. The Morgan fingerprint density at radius 1 is 1.16 bits per heavy atom. The lowest BCUT2D eigenvalue weighted by Crippen LogP contribution is -2.08. The Kier molecular flexibility index (Phi) is 5.00. The lowest BCUT2D eigenvalue weighted by atomic mass is 10.1. The van der Waals surface area contributed by atoms with Crippen molar-refractivity contribution in [3.63, 3.8) is 0 Å². The van der Waals surface area contributed by atoms with E-state index in [1.165, 1.54) is 11.1 Å². The fourth-order valence-electron chi connectivity index (χ4n) is 1.97. The van der Waals surface area contributed by atoms with Gasteiger partial charge in [-0.05, 0) is 37.7 Å². The number of nitrogens with one attached hydrogen (secondary N) is 1. The summed E-state index contributed by atoms with van der Waals surface area (Å²) in [6.45, 7) is 3.49. The van der Waals surface area contributed by atoms with Gasteiger partial charge in [0.1, 0.15) is 12.4 Å². The first-order valence-electron chi connectivity index (χ1n) is 6.30. The van der Waals surface area contributed by atoms with Crippen LogP contribution in [0.2, 0.25) is 0 Å². The second kappa shape index (κ2) is 6.73. The largest absolute Gasteiger partial charge is 0.489 e. The van der Waals surface area contributed by atoms with Gasteiger partial charge in [-0.1, -0.05) is 45.8 Å². The second-order valence-electron chi connectivity index (χ2n) is 4.56. The van der Waals surface area contributed by atoms with Gasteiger partial charge in [0.25, 0.3) is 0 Å². The Hall–Kier alpha value is -1.32. The molecule has 0 aromatic heterocycles. The van der Waals surface area contributed by atoms with E-state index in [1.54, 1.807) is 0 Å². The Bertz CT molecular complexity index is 554. The van der Waals surface area contributed by atoms with Crippen LogP contribution < -0.4 is 10.1 Å². The molecule has 100 valence electrons. The maximum atomic E-state index is 5.92. The normalized spacial score (nSPS) is 10.5. The molecule has 2 rings (SSSR count). The summed E-state index contributed by atoms with van der Waals surface area (Å²) < 4.78 is 7.00. The summed E-state index contributed by atoms with van der Waals surface area (Å²) in [5, 5.41) is 3.17. The zero-order valence-corrected chi connectivity index (χ0v) is 12.8. The quantitative estimate of drug-likeness (QED) is 0.897. The van der Waals surface area contributed by atoms with E-state index in [2.05, 4.69) is 52.4 Å². The molecule has 0 spiro atoms. The molecule has 0 atom stereocenters. The van der Waals surface area contributed by atoms with Crippen LogP contribution in [0.3, 0.4) is 0 Å². The van der Waals surface area contributed by atoms with Crippen LogP contribution in [0.25, 0.3) is 0 Å². The standard InChI is InChI=1S/C16H18BrNO/c1-12-6-7-16(14(8-12)10-18-2)19-11-13-4-3-5-15(17)9-13/h3-9,18H,10-11H2,1-2H3. The van der Waals surface area contributed by atoms with E-state index in [4.69, 9.17) is 4.74 Å². The highest BCUT2D eigenvalue weighted by Gasteiger charge is 2.04. The first kappa shape index (κ1) is 14.1. The molecule has 1 N–H and O–H groups in total. The van der Waals surface area contributed by atoms with Crippen molar-refractivity contribution in [2.75, 3.05) is 7.05 Å². The molecule has 0 saturated carbocycles. The Labute approximate surface area is 122 Å². The molecular weight excluding hydrogens is 302 g/mol. The predicted octanol–water partition coefficient (Wildman–Crippen LogP) is 4.06. The summed E-state index contributed by atoms with van der Waals surface area (Å²) in [6, 6.07) is 14.5. The average Bonchev–Trinajstić information content (AvgIpc) is 2.38. The van der Waals surface area contributed by atoms with Gasteiger partial charge >= 0.3 is 0 Å². The van der Waals surface area contributed by atoms with Crippen LogP contribution in [0.15, 0.2) is 46.9 Å². The van der Waals surface area contributed by atoms with Crippen molar-refractivity contribution in [3.05, 3.63) is 63.6 Å². The number of aryl methyl sites for hydroxylation is 1. The van der Waals surface area contributed by atoms with Gasteiger partial charge in [-0.25, -0.2) is 0 Å². The minimum absolute atomic E-state index is 0.583. The zero-order valence-electron chi connectivity index (χ0n) is 11.2. The molecule has 0 fully saturated rings. The third kappa shape index (κ3) is 4.08. The van der Waals surface area contributed by atoms with Crippen LogP contribution in [0.5, 0.6) is 5.75 Å². The van der Waals surface area contributed by atoms with Gasteiger partial charge in [0.15, 0.2) is 0 Å². The molecule has 0 aliphatic rings. The lowest BCUT2D eigenvalue weighted by Gasteiger charge is -2.12. The van der Waals surface area contributed by atoms with Crippen LogP contribution >= 0.6 is 15.9 Å². The monoisotopic (exact) mass is 319 g/mol. The van der Waals surface area contributed by atoms with Crippen LogP contribution in [-0.2, 0) is 13.2 Å². The molecular formula is C16H18BrNO. The van der Waals surface area contributed by atoms with E-state index in [0.29, 0.717) is 6.61 Å². The zero-order chi connectivity index (χ0) is 13.7. The Morgan fingerprint density at radius 3 is 2.74 bits per heavy atom. The molecule has 0 aliphatic carbocycles. The molecule has 2 aromatic carbocycles. The van der Waals surface area contributed by atoms with Crippen molar-refractivity contribution in [2.45, 2.75) is 20.1 Å². The van der Waals surface area contributed by atoms with Crippen molar-refractivity contribution < 1.29 is 4.74 Å². The molecule has 0 unspecified atom stereocenters. The maximum absolute atomic E-state index is 5.92. The van der Waals surface area contributed by atoms with Gasteiger partial charge in [0.05, 0.1) is 0 Å². The summed E-state index contributed by atoms with van der Waals surface area (Å²) >= 11 is 3.47. The fourth-order valence-corrected chi connectivity index (χ4v) is 2.41. The molecule has 0 bridgehead atoms. The van der Waals surface area contributed by atoms with Crippen LogP contribution in [-0.4, -0.2) is 7.05 Å². The van der Waals surface area contributed by atoms with Crippen molar-refractivity contribution in [3.8, 4) is 5.75 Å². The molecule has 0 heterocycles. The van der Waals surface area contributed by atoms with E-state index in [9.17, 15) is 0 Å². The molecule has 0 radical (unpaired) electrons. The van der Waals surface area contributed by atoms with Gasteiger partial charge < -0.3 is 10.1 Å². The van der Waals surface area contributed by atoms with Gasteiger partial charge in [0, 0.05) is 16.6 Å². The highest BCUT2D eigenvalue weighted by Crippen LogP contribution is 2.21. The van der Waals surface area contributed by atoms with Gasteiger partial charge in [-0.15, -0.1) is 0 Å². The van der Waals surface area contributed by atoms with E-state index < -0.39 is 0 Å². The summed E-state index contributed by atoms with van der Waals surface area (Å²) in [5.74, 6) is 0.944. The van der Waals surface area contributed by atoms with E-state index in [-0.39, 0.29) is 0 Å². The summed E-state index contributed by atoms with van der Waals surface area (Å²) in [4.78, 5) is 0. The van der Waals surface area contributed by atoms with Crippen LogP contribution in [0.4, 0.5) is 0 Å². The number of hydrogen-bond acceptors (Lipinski definition) is 2. The first-order chi connectivity index (χ1) is 9.19. The number of rotatable bonds is 5. The van der Waals surface area contributed by atoms with Crippen LogP contribution in [0, 0.1) is 6.92 Å². The summed E-state index contributed by atoms with van der Waals surface area (Å²) in [5.41, 5.74) is 3.60. The van der Waals surface area contributed by atoms with Crippen molar-refractivity contribution in [2.24, 2.45) is 0 Å². The number of hydrogen-bond donors (Lipinski definition) is 1. The van der Waals surface area contributed by atoms with E-state index in [1.807, 2.05) is 25.2 Å². The van der Waals surface area contributed by atoms with Gasteiger partial charge in [0.2, 0.25) is 0 Å². The molecule has 0 saturated heterocycles. The minimum Gasteiger partial charge on any atom is -0.489 e. The van der Waals surface area contributed by atoms with E-state index in [0.717, 1.165) is 22.3 Å². The number of benzene rings is 2. The minimum atomic E-state index is 0.583. The third-order valence-electron chi connectivity index (χ3n) is 2.87. The van der Waals surface area contributed by atoms with E-state index >= 15 is 0 Å².